The third-order valence-electron chi connectivity index (χ3n) is 3.53. The van der Waals surface area contributed by atoms with Gasteiger partial charge in [-0.25, -0.2) is 18.5 Å². The Morgan fingerprint density at radius 2 is 2.15 bits per heavy atom. The number of hydrogen-bond donors (Lipinski definition) is 2. The highest BCUT2D eigenvalue weighted by molar-refractivity contribution is 8.23. The second-order valence-corrected chi connectivity index (χ2v) is 9.60. The third kappa shape index (κ3) is 4.90. The van der Waals surface area contributed by atoms with E-state index < -0.39 is 10.0 Å². The number of morpholine rings is 1. The summed E-state index contributed by atoms with van der Waals surface area (Å²) in [6, 6.07) is 4.39. The van der Waals surface area contributed by atoms with E-state index in [0.29, 0.717) is 32.9 Å². The van der Waals surface area contributed by atoms with Crippen LogP contribution in [0.4, 0.5) is 5.13 Å². The highest BCUT2D eigenvalue weighted by atomic mass is 32.2. The molecule has 1 aromatic heterocycles. The van der Waals surface area contributed by atoms with Crippen LogP contribution in [-0.4, -0.2) is 60.6 Å². The number of carbonyl (C=O) groups is 1. The molecule has 0 radical (unpaired) electrons. The van der Waals surface area contributed by atoms with Crippen molar-refractivity contribution in [3.63, 3.8) is 0 Å². The van der Waals surface area contributed by atoms with Crippen molar-refractivity contribution in [3.8, 4) is 0 Å². The number of fused-ring (bicyclic) bond motifs is 1. The molecule has 12 heteroatoms. The highest BCUT2D eigenvalue weighted by Gasteiger charge is 2.16. The van der Waals surface area contributed by atoms with Crippen LogP contribution in [0, 0.1) is 0 Å². The maximum atomic E-state index is 12.1. The van der Waals surface area contributed by atoms with Crippen LogP contribution in [0.3, 0.4) is 0 Å². The van der Waals surface area contributed by atoms with Gasteiger partial charge >= 0.3 is 0 Å². The van der Waals surface area contributed by atoms with Crippen molar-refractivity contribution in [1.29, 1.82) is 0 Å². The minimum absolute atomic E-state index is 0.0120. The molecule has 1 aliphatic rings. The van der Waals surface area contributed by atoms with Gasteiger partial charge in [0.1, 0.15) is 4.32 Å². The van der Waals surface area contributed by atoms with Gasteiger partial charge in [0, 0.05) is 13.1 Å². The predicted molar refractivity (Wildman–Crippen MR) is 107 cm³/mol. The van der Waals surface area contributed by atoms with Gasteiger partial charge in [-0.05, 0) is 18.2 Å². The number of aromatic nitrogens is 1. The second kappa shape index (κ2) is 8.15. The fourth-order valence-electron chi connectivity index (χ4n) is 2.26. The summed E-state index contributed by atoms with van der Waals surface area (Å²) < 4.78 is 29.4. The molecule has 8 nitrogen and oxygen atoms in total. The summed E-state index contributed by atoms with van der Waals surface area (Å²) in [4.78, 5) is 18.4. The summed E-state index contributed by atoms with van der Waals surface area (Å²) in [5, 5.41) is 8.23. The first kappa shape index (κ1) is 19.5. The monoisotopic (exact) mass is 432 g/mol. The molecule has 3 rings (SSSR count). The molecule has 3 N–H and O–H groups in total. The Labute approximate surface area is 164 Å². The van der Waals surface area contributed by atoms with Gasteiger partial charge in [0.2, 0.25) is 15.9 Å². The molecule has 0 bridgehead atoms. The van der Waals surface area contributed by atoms with Crippen molar-refractivity contribution in [3.05, 3.63) is 18.2 Å². The molecule has 2 aromatic rings. The summed E-state index contributed by atoms with van der Waals surface area (Å²) in [6.45, 7) is 2.74. The van der Waals surface area contributed by atoms with Crippen LogP contribution in [0.5, 0.6) is 0 Å². The number of thiazole rings is 1. The SMILES string of the molecule is NS(=O)(=O)c1ccc2nc(NC(=O)CSC(=S)N3CCOCC3)sc2c1. The number of rotatable bonds is 4. The van der Waals surface area contributed by atoms with E-state index in [1.807, 2.05) is 4.90 Å². The number of thioether (sulfide) groups is 1. The zero-order valence-corrected chi connectivity index (χ0v) is 16.8. The Bertz CT molecular complexity index is 938. The number of anilines is 1. The summed E-state index contributed by atoms with van der Waals surface area (Å²) in [5.41, 5.74) is 0.592. The van der Waals surface area contributed by atoms with Gasteiger partial charge in [-0.3, -0.25) is 4.79 Å². The van der Waals surface area contributed by atoms with E-state index in [0.717, 1.165) is 13.1 Å². The number of amides is 1. The average molecular weight is 433 g/mol. The van der Waals surface area contributed by atoms with Gasteiger partial charge in [0.15, 0.2) is 5.13 Å². The smallest absolute Gasteiger partial charge is 0.238 e. The minimum atomic E-state index is -3.78. The van der Waals surface area contributed by atoms with Crippen molar-refractivity contribution in [2.75, 3.05) is 37.4 Å². The van der Waals surface area contributed by atoms with Crippen molar-refractivity contribution in [1.82, 2.24) is 9.88 Å². The van der Waals surface area contributed by atoms with E-state index in [1.165, 1.54) is 35.2 Å². The lowest BCUT2D eigenvalue weighted by Gasteiger charge is -2.28. The number of nitrogens with two attached hydrogens (primary N) is 1. The zero-order valence-electron chi connectivity index (χ0n) is 13.5. The largest absolute Gasteiger partial charge is 0.378 e. The number of sulfonamides is 1. The lowest BCUT2D eigenvalue weighted by Crippen LogP contribution is -2.39. The molecule has 0 unspecified atom stereocenters. The number of benzene rings is 1. The van der Waals surface area contributed by atoms with Gasteiger partial charge in [-0.1, -0.05) is 35.3 Å². The fraction of sp³-hybridized carbons (Fsp3) is 0.357. The quantitative estimate of drug-likeness (QED) is 0.694. The number of ether oxygens (including phenoxy) is 1. The summed E-state index contributed by atoms with van der Waals surface area (Å²) in [7, 11) is -3.78. The van der Waals surface area contributed by atoms with Crippen LogP contribution >= 0.6 is 35.3 Å². The lowest BCUT2D eigenvalue weighted by molar-refractivity contribution is -0.113. The summed E-state index contributed by atoms with van der Waals surface area (Å²) in [6.07, 6.45) is 0. The minimum Gasteiger partial charge on any atom is -0.378 e. The van der Waals surface area contributed by atoms with E-state index in [1.54, 1.807) is 6.07 Å². The van der Waals surface area contributed by atoms with E-state index in [4.69, 9.17) is 22.1 Å². The van der Waals surface area contributed by atoms with Gasteiger partial charge in [0.25, 0.3) is 0 Å². The highest BCUT2D eigenvalue weighted by Crippen LogP contribution is 2.28. The van der Waals surface area contributed by atoms with Gasteiger partial charge in [-0.2, -0.15) is 0 Å². The second-order valence-electron chi connectivity index (χ2n) is 5.40. The van der Waals surface area contributed by atoms with Crippen molar-refractivity contribution >= 4 is 70.9 Å². The Morgan fingerprint density at radius 1 is 1.42 bits per heavy atom. The molecule has 0 atom stereocenters. The molecule has 0 aliphatic carbocycles. The molecule has 2 heterocycles. The van der Waals surface area contributed by atoms with Crippen LogP contribution in [0.25, 0.3) is 10.2 Å². The van der Waals surface area contributed by atoms with Gasteiger partial charge in [0.05, 0.1) is 34.1 Å². The van der Waals surface area contributed by atoms with E-state index >= 15 is 0 Å². The molecule has 1 fully saturated rings. The Morgan fingerprint density at radius 3 is 2.85 bits per heavy atom. The molecule has 140 valence electrons. The third-order valence-corrected chi connectivity index (χ3v) is 6.90. The van der Waals surface area contributed by atoms with E-state index in [-0.39, 0.29) is 16.6 Å². The van der Waals surface area contributed by atoms with Crippen molar-refractivity contribution in [2.45, 2.75) is 4.90 Å². The number of nitrogens with zero attached hydrogens (tertiary/aromatic N) is 2. The first-order chi connectivity index (χ1) is 12.3. The molecule has 0 saturated carbocycles. The molecule has 1 aromatic carbocycles. The Kier molecular flexibility index (Phi) is 6.10. The molecule has 1 amide bonds. The van der Waals surface area contributed by atoms with Crippen LogP contribution in [0.1, 0.15) is 0 Å². The Hall–Kier alpha value is -1.31. The number of thiocarbonyl (C=S) groups is 1. The number of primary sulfonamides is 1. The summed E-state index contributed by atoms with van der Waals surface area (Å²) >= 11 is 7.81. The molecule has 26 heavy (non-hydrogen) atoms. The first-order valence-electron chi connectivity index (χ1n) is 7.55. The molecule has 0 spiro atoms. The standard InChI is InChI=1S/C14H16N4O4S4/c15-26(20,21)9-1-2-10-11(7-9)25-13(16-10)17-12(19)8-24-14(23)18-3-5-22-6-4-18/h1-2,7H,3-6,8H2,(H2,15,20,21)(H,16,17,19). The molecular formula is C14H16N4O4S4. The van der Waals surface area contributed by atoms with Crippen LogP contribution in [0.2, 0.25) is 0 Å². The van der Waals surface area contributed by atoms with E-state index in [9.17, 15) is 13.2 Å². The molecule has 1 aliphatic heterocycles. The van der Waals surface area contributed by atoms with Crippen LogP contribution < -0.4 is 10.5 Å². The zero-order chi connectivity index (χ0) is 18.7. The number of hydrogen-bond acceptors (Lipinski definition) is 8. The van der Waals surface area contributed by atoms with Gasteiger partial charge < -0.3 is 15.0 Å². The van der Waals surface area contributed by atoms with Crippen LogP contribution in [-0.2, 0) is 19.6 Å². The van der Waals surface area contributed by atoms with Gasteiger partial charge in [-0.15, -0.1) is 0 Å². The predicted octanol–water partition coefficient (Wildman–Crippen LogP) is 1.23. The normalized spacial score (nSPS) is 15.2. The Balaban J connectivity index is 1.59. The average Bonchev–Trinajstić information content (AvgIpc) is 3.01. The van der Waals surface area contributed by atoms with Crippen molar-refractivity contribution in [2.24, 2.45) is 5.14 Å². The molecular weight excluding hydrogens is 416 g/mol. The number of nitrogens with one attached hydrogen (secondary N) is 1. The van der Waals surface area contributed by atoms with E-state index in [2.05, 4.69) is 10.3 Å². The fourth-order valence-corrected chi connectivity index (χ4v) is 4.84. The van der Waals surface area contributed by atoms with Crippen LogP contribution in [0.15, 0.2) is 23.1 Å². The lowest BCUT2D eigenvalue weighted by atomic mass is 10.3. The van der Waals surface area contributed by atoms with Crippen molar-refractivity contribution < 1.29 is 17.9 Å². The number of carbonyl (C=O) groups excluding carboxylic acids is 1. The molecule has 1 saturated heterocycles. The maximum absolute atomic E-state index is 12.1. The maximum Gasteiger partial charge on any atom is 0.238 e. The first-order valence-corrected chi connectivity index (χ1v) is 11.3. The summed E-state index contributed by atoms with van der Waals surface area (Å²) in [5.74, 6) is -0.0505. The topological polar surface area (TPSA) is 115 Å².